The number of likely N-dealkylation sites (tertiary alicyclic amines) is 1. The lowest BCUT2D eigenvalue weighted by molar-refractivity contribution is -0.143. The zero-order valence-electron chi connectivity index (χ0n) is 14.7. The van der Waals surface area contributed by atoms with Gasteiger partial charge in [0.25, 0.3) is 0 Å². The molecule has 1 amide bonds. The molecule has 3 rings (SSSR count). The van der Waals surface area contributed by atoms with E-state index in [1.165, 1.54) is 0 Å². The van der Waals surface area contributed by atoms with Gasteiger partial charge < -0.3 is 14.7 Å². The van der Waals surface area contributed by atoms with Crippen molar-refractivity contribution in [2.45, 2.75) is 38.3 Å². The highest BCUT2D eigenvalue weighted by molar-refractivity contribution is 5.79. The molecule has 0 bridgehead atoms. The lowest BCUT2D eigenvalue weighted by Gasteiger charge is -2.32. The van der Waals surface area contributed by atoms with Crippen LogP contribution in [-0.4, -0.2) is 59.6 Å². The smallest absolute Gasteiger partial charge is 0.306 e. The van der Waals surface area contributed by atoms with Gasteiger partial charge in [0.2, 0.25) is 5.91 Å². The number of benzene rings is 1. The van der Waals surface area contributed by atoms with Gasteiger partial charge in [0, 0.05) is 12.6 Å². The molecule has 0 aromatic heterocycles. The number of carbonyl (C=O) groups excluding carboxylic acids is 1. The lowest BCUT2D eigenvalue weighted by atomic mass is 9.97. The molecule has 136 valence electrons. The van der Waals surface area contributed by atoms with Crippen LogP contribution in [0.2, 0.25) is 0 Å². The molecule has 1 aliphatic carbocycles. The van der Waals surface area contributed by atoms with E-state index in [9.17, 15) is 9.59 Å². The summed E-state index contributed by atoms with van der Waals surface area (Å²) in [6.45, 7) is 2.38. The molecule has 1 heterocycles. The van der Waals surface area contributed by atoms with Crippen molar-refractivity contribution in [3.8, 4) is 5.75 Å². The van der Waals surface area contributed by atoms with Crippen molar-refractivity contribution in [3.63, 3.8) is 0 Å². The number of methoxy groups -OCH3 is 1. The second kappa shape index (κ2) is 7.87. The number of aliphatic carboxylic acids is 1. The number of carboxylic acids is 1. The molecule has 1 aliphatic heterocycles. The molecule has 0 atom stereocenters. The largest absolute Gasteiger partial charge is 0.497 e. The minimum atomic E-state index is -0.718. The van der Waals surface area contributed by atoms with Crippen LogP contribution in [0.3, 0.4) is 0 Å². The van der Waals surface area contributed by atoms with Crippen molar-refractivity contribution in [3.05, 3.63) is 29.8 Å². The van der Waals surface area contributed by atoms with Gasteiger partial charge in [-0.15, -0.1) is 0 Å². The predicted molar refractivity (Wildman–Crippen MR) is 93.4 cm³/mol. The summed E-state index contributed by atoms with van der Waals surface area (Å²) in [6, 6.07) is 8.19. The summed E-state index contributed by atoms with van der Waals surface area (Å²) in [7, 11) is 1.64. The minimum absolute atomic E-state index is 0.145. The molecular formula is C19H26N2O4. The molecule has 1 aromatic rings. The van der Waals surface area contributed by atoms with Crippen LogP contribution in [-0.2, 0) is 16.1 Å². The number of nitrogens with zero attached hydrogens (tertiary/aromatic N) is 2. The number of carboxylic acid groups (broad SMARTS) is 1. The van der Waals surface area contributed by atoms with E-state index >= 15 is 0 Å². The normalized spacial score (nSPS) is 18.8. The van der Waals surface area contributed by atoms with Crippen molar-refractivity contribution in [2.75, 3.05) is 26.7 Å². The maximum absolute atomic E-state index is 12.8. The minimum Gasteiger partial charge on any atom is -0.497 e. The molecule has 6 heteroatoms. The molecule has 0 radical (unpaired) electrons. The summed E-state index contributed by atoms with van der Waals surface area (Å²) >= 11 is 0. The Kier molecular flexibility index (Phi) is 5.58. The average Bonchev–Trinajstić information content (AvgIpc) is 3.45. The molecular weight excluding hydrogens is 320 g/mol. The van der Waals surface area contributed by atoms with Crippen LogP contribution < -0.4 is 4.74 Å². The fourth-order valence-corrected chi connectivity index (χ4v) is 3.35. The number of rotatable bonds is 7. The topological polar surface area (TPSA) is 70.1 Å². The molecule has 1 saturated carbocycles. The third-order valence-electron chi connectivity index (χ3n) is 5.12. The second-order valence-electron chi connectivity index (χ2n) is 6.99. The Bertz CT molecular complexity index is 604. The van der Waals surface area contributed by atoms with E-state index in [0.717, 1.165) is 24.2 Å². The highest BCUT2D eigenvalue weighted by Crippen LogP contribution is 2.29. The average molecular weight is 346 g/mol. The standard InChI is InChI=1S/C19H26N2O4/c1-25-17-6-2-14(3-7-17)12-21(16-4-5-16)18(22)13-20-10-8-15(9-11-20)19(23)24/h2-3,6-7,15-16H,4-5,8-13H2,1H3,(H,23,24). The SMILES string of the molecule is COc1ccc(CN(C(=O)CN2CCC(C(=O)O)CC2)C2CC2)cc1. The van der Waals surface area contributed by atoms with Crippen LogP contribution >= 0.6 is 0 Å². The van der Waals surface area contributed by atoms with Crippen molar-refractivity contribution in [1.29, 1.82) is 0 Å². The lowest BCUT2D eigenvalue weighted by Crippen LogP contribution is -2.44. The van der Waals surface area contributed by atoms with Crippen LogP contribution in [0.5, 0.6) is 5.75 Å². The van der Waals surface area contributed by atoms with Gasteiger partial charge in [0.05, 0.1) is 19.6 Å². The quantitative estimate of drug-likeness (QED) is 0.817. The second-order valence-corrected chi connectivity index (χ2v) is 6.99. The maximum Gasteiger partial charge on any atom is 0.306 e. The number of carbonyl (C=O) groups is 2. The first-order chi connectivity index (χ1) is 12.1. The maximum atomic E-state index is 12.8. The van der Waals surface area contributed by atoms with Crippen molar-refractivity contribution < 1.29 is 19.4 Å². The summed E-state index contributed by atoms with van der Waals surface area (Å²) < 4.78 is 5.18. The van der Waals surface area contributed by atoms with Crippen LogP contribution in [0, 0.1) is 5.92 Å². The van der Waals surface area contributed by atoms with E-state index in [-0.39, 0.29) is 11.8 Å². The third kappa shape index (κ3) is 4.72. The van der Waals surface area contributed by atoms with Crippen LogP contribution in [0.15, 0.2) is 24.3 Å². The van der Waals surface area contributed by atoms with Gasteiger partial charge in [-0.3, -0.25) is 14.5 Å². The highest BCUT2D eigenvalue weighted by atomic mass is 16.5. The molecule has 2 aliphatic rings. The third-order valence-corrected chi connectivity index (χ3v) is 5.12. The molecule has 1 aromatic carbocycles. The number of hydrogen-bond acceptors (Lipinski definition) is 4. The fraction of sp³-hybridized carbons (Fsp3) is 0.579. The first-order valence-corrected chi connectivity index (χ1v) is 8.94. The highest BCUT2D eigenvalue weighted by Gasteiger charge is 2.34. The zero-order valence-corrected chi connectivity index (χ0v) is 14.7. The fourth-order valence-electron chi connectivity index (χ4n) is 3.35. The van der Waals surface area contributed by atoms with E-state index in [4.69, 9.17) is 9.84 Å². The van der Waals surface area contributed by atoms with Crippen molar-refractivity contribution >= 4 is 11.9 Å². The molecule has 0 spiro atoms. The van der Waals surface area contributed by atoms with Gasteiger partial charge in [0.1, 0.15) is 5.75 Å². The first-order valence-electron chi connectivity index (χ1n) is 8.94. The Hall–Kier alpha value is -2.08. The van der Waals surface area contributed by atoms with Crippen LogP contribution in [0.1, 0.15) is 31.2 Å². The molecule has 25 heavy (non-hydrogen) atoms. The molecule has 2 fully saturated rings. The van der Waals surface area contributed by atoms with Gasteiger partial charge in [-0.2, -0.15) is 0 Å². The van der Waals surface area contributed by atoms with Gasteiger partial charge in [-0.25, -0.2) is 0 Å². The molecule has 1 saturated heterocycles. The molecule has 0 unspecified atom stereocenters. The monoisotopic (exact) mass is 346 g/mol. The Morgan fingerprint density at radius 3 is 2.32 bits per heavy atom. The Morgan fingerprint density at radius 1 is 1.16 bits per heavy atom. The van der Waals surface area contributed by atoms with Gasteiger partial charge in [-0.05, 0) is 56.5 Å². The van der Waals surface area contributed by atoms with E-state index in [2.05, 4.69) is 4.90 Å². The van der Waals surface area contributed by atoms with Crippen LogP contribution in [0.4, 0.5) is 0 Å². The van der Waals surface area contributed by atoms with E-state index in [1.54, 1.807) is 7.11 Å². The van der Waals surface area contributed by atoms with Crippen molar-refractivity contribution in [2.24, 2.45) is 5.92 Å². The van der Waals surface area contributed by atoms with E-state index < -0.39 is 5.97 Å². The van der Waals surface area contributed by atoms with Gasteiger partial charge >= 0.3 is 5.97 Å². The van der Waals surface area contributed by atoms with Crippen LogP contribution in [0.25, 0.3) is 0 Å². The van der Waals surface area contributed by atoms with E-state index in [0.29, 0.717) is 45.1 Å². The number of amides is 1. The molecule has 1 N–H and O–H groups in total. The van der Waals surface area contributed by atoms with Crippen molar-refractivity contribution in [1.82, 2.24) is 9.80 Å². The number of piperidine rings is 1. The summed E-state index contributed by atoms with van der Waals surface area (Å²) in [6.07, 6.45) is 3.40. The number of hydrogen-bond donors (Lipinski definition) is 1. The Morgan fingerprint density at radius 2 is 1.80 bits per heavy atom. The Labute approximate surface area is 148 Å². The molecule has 6 nitrogen and oxygen atoms in total. The summed E-state index contributed by atoms with van der Waals surface area (Å²) in [5.74, 6) is -0.0169. The Balaban J connectivity index is 1.55. The summed E-state index contributed by atoms with van der Waals surface area (Å²) in [4.78, 5) is 27.9. The van der Waals surface area contributed by atoms with E-state index in [1.807, 2.05) is 29.2 Å². The number of ether oxygens (including phenoxy) is 1. The van der Waals surface area contributed by atoms with Gasteiger partial charge in [0.15, 0.2) is 0 Å². The first kappa shape index (κ1) is 17.7. The predicted octanol–water partition coefficient (Wildman–Crippen LogP) is 1.98. The van der Waals surface area contributed by atoms with Gasteiger partial charge in [-0.1, -0.05) is 12.1 Å². The zero-order chi connectivity index (χ0) is 17.8. The summed E-state index contributed by atoms with van der Waals surface area (Å²) in [5, 5.41) is 9.07. The summed E-state index contributed by atoms with van der Waals surface area (Å²) in [5.41, 5.74) is 1.10.